The van der Waals surface area contributed by atoms with Gasteiger partial charge in [-0.25, -0.2) is 12.8 Å². The monoisotopic (exact) mass is 559 g/mol. The molecule has 3 rings (SSSR count). The van der Waals surface area contributed by atoms with Crippen molar-refractivity contribution >= 4 is 39.1 Å². The summed E-state index contributed by atoms with van der Waals surface area (Å²) in [5.41, 5.74) is 1.44. The quantitative estimate of drug-likeness (QED) is 0.361. The molecular formula is C28H31ClFN3O4S. The summed E-state index contributed by atoms with van der Waals surface area (Å²) in [5.74, 6) is -1.40. The maximum atomic E-state index is 13.8. The van der Waals surface area contributed by atoms with Crippen LogP contribution in [0, 0.1) is 12.7 Å². The Labute approximate surface area is 228 Å². The zero-order valence-electron chi connectivity index (χ0n) is 21.5. The van der Waals surface area contributed by atoms with E-state index < -0.39 is 34.3 Å². The van der Waals surface area contributed by atoms with Gasteiger partial charge in [-0.2, -0.15) is 0 Å². The summed E-state index contributed by atoms with van der Waals surface area (Å²) < 4.78 is 42.1. The Morgan fingerprint density at radius 1 is 1.03 bits per heavy atom. The maximum Gasteiger partial charge on any atom is 0.264 e. The second kappa shape index (κ2) is 12.9. The largest absolute Gasteiger partial charge is 0.354 e. The second-order valence-corrected chi connectivity index (χ2v) is 11.2. The van der Waals surface area contributed by atoms with Gasteiger partial charge in [-0.1, -0.05) is 48.9 Å². The first-order valence-electron chi connectivity index (χ1n) is 12.2. The van der Waals surface area contributed by atoms with Gasteiger partial charge in [0.1, 0.15) is 18.4 Å². The van der Waals surface area contributed by atoms with Gasteiger partial charge in [-0.15, -0.1) is 0 Å². The molecule has 1 N–H and O–H groups in total. The molecule has 0 saturated carbocycles. The summed E-state index contributed by atoms with van der Waals surface area (Å²) in [6.07, 6.45) is 0.712. The minimum atomic E-state index is -4.16. The van der Waals surface area contributed by atoms with Gasteiger partial charge in [-0.05, 0) is 73.9 Å². The van der Waals surface area contributed by atoms with E-state index in [1.54, 1.807) is 50.2 Å². The molecule has 3 aromatic rings. The number of hydrogen-bond donors (Lipinski definition) is 1. The third-order valence-electron chi connectivity index (χ3n) is 6.02. The molecule has 0 unspecified atom stereocenters. The first-order valence-corrected chi connectivity index (χ1v) is 14.0. The number of anilines is 1. The second-order valence-electron chi connectivity index (χ2n) is 8.87. The van der Waals surface area contributed by atoms with Crippen molar-refractivity contribution in [1.82, 2.24) is 10.2 Å². The zero-order valence-corrected chi connectivity index (χ0v) is 23.1. The van der Waals surface area contributed by atoms with Crippen LogP contribution in [0.4, 0.5) is 10.1 Å². The van der Waals surface area contributed by atoms with E-state index in [9.17, 15) is 22.4 Å². The van der Waals surface area contributed by atoms with Crippen molar-refractivity contribution in [2.45, 2.75) is 44.7 Å². The Morgan fingerprint density at radius 2 is 1.68 bits per heavy atom. The van der Waals surface area contributed by atoms with Crippen LogP contribution >= 0.6 is 11.6 Å². The minimum absolute atomic E-state index is 0.0148. The molecule has 0 aliphatic carbocycles. The van der Waals surface area contributed by atoms with Crippen molar-refractivity contribution in [2.24, 2.45) is 0 Å². The Hall–Kier alpha value is -3.43. The van der Waals surface area contributed by atoms with Gasteiger partial charge < -0.3 is 10.2 Å². The van der Waals surface area contributed by atoms with E-state index in [1.165, 1.54) is 41.3 Å². The predicted molar refractivity (Wildman–Crippen MR) is 147 cm³/mol. The molecule has 0 spiro atoms. The number of rotatable bonds is 11. The fourth-order valence-corrected chi connectivity index (χ4v) is 5.62. The van der Waals surface area contributed by atoms with Crippen molar-refractivity contribution in [1.29, 1.82) is 0 Å². The Balaban J connectivity index is 2.03. The Morgan fingerprint density at radius 3 is 2.29 bits per heavy atom. The van der Waals surface area contributed by atoms with Crippen molar-refractivity contribution in [2.75, 3.05) is 17.4 Å². The van der Waals surface area contributed by atoms with Crippen molar-refractivity contribution < 1.29 is 22.4 Å². The van der Waals surface area contributed by atoms with Crippen LogP contribution in [0.5, 0.6) is 0 Å². The maximum absolute atomic E-state index is 13.8. The lowest BCUT2D eigenvalue weighted by molar-refractivity contribution is -0.139. The van der Waals surface area contributed by atoms with Crippen molar-refractivity contribution in [3.05, 3.63) is 94.8 Å². The number of nitrogens with zero attached hydrogens (tertiary/aromatic N) is 2. The molecule has 0 aliphatic rings. The first kappa shape index (κ1) is 29.1. The molecular weight excluding hydrogens is 529 g/mol. The molecule has 0 aliphatic heterocycles. The van der Waals surface area contributed by atoms with Crippen LogP contribution in [0.25, 0.3) is 0 Å². The smallest absolute Gasteiger partial charge is 0.264 e. The highest BCUT2D eigenvalue weighted by Gasteiger charge is 2.33. The molecule has 1 atom stereocenters. The van der Waals surface area contributed by atoms with E-state index >= 15 is 0 Å². The van der Waals surface area contributed by atoms with Crippen LogP contribution in [0.3, 0.4) is 0 Å². The molecule has 0 aromatic heterocycles. The van der Waals surface area contributed by atoms with E-state index in [-0.39, 0.29) is 23.0 Å². The Kier molecular flexibility index (Phi) is 9.88. The third kappa shape index (κ3) is 7.11. The lowest BCUT2D eigenvalue weighted by Crippen LogP contribution is -2.51. The highest BCUT2D eigenvalue weighted by Crippen LogP contribution is 2.29. The van der Waals surface area contributed by atoms with Gasteiger partial charge in [-0.3, -0.25) is 13.9 Å². The van der Waals surface area contributed by atoms with E-state index in [2.05, 4.69) is 5.32 Å². The van der Waals surface area contributed by atoms with Crippen molar-refractivity contribution in [3.63, 3.8) is 0 Å². The summed E-state index contributed by atoms with van der Waals surface area (Å²) in [5, 5.41) is 3.20. The minimum Gasteiger partial charge on any atom is -0.354 e. The summed E-state index contributed by atoms with van der Waals surface area (Å²) in [6, 6.07) is 17.2. The average molecular weight is 560 g/mol. The topological polar surface area (TPSA) is 86.8 Å². The highest BCUT2D eigenvalue weighted by molar-refractivity contribution is 7.92. The number of hydrogen-bond acceptors (Lipinski definition) is 4. The van der Waals surface area contributed by atoms with E-state index in [4.69, 9.17) is 11.6 Å². The predicted octanol–water partition coefficient (Wildman–Crippen LogP) is 4.93. The summed E-state index contributed by atoms with van der Waals surface area (Å²) in [4.78, 5) is 28.0. The van der Waals surface area contributed by atoms with E-state index in [0.717, 1.165) is 4.31 Å². The van der Waals surface area contributed by atoms with Crippen LogP contribution in [0.15, 0.2) is 77.7 Å². The molecule has 0 fully saturated rings. The Bertz CT molecular complexity index is 1370. The fraction of sp³-hybridized carbons (Fsp3) is 0.286. The van der Waals surface area contributed by atoms with Crippen LogP contribution in [0.1, 0.15) is 31.4 Å². The molecule has 7 nitrogen and oxygen atoms in total. The van der Waals surface area contributed by atoms with Crippen LogP contribution in [0.2, 0.25) is 5.02 Å². The number of aryl methyl sites for hydroxylation is 1. The number of halogens is 2. The van der Waals surface area contributed by atoms with Crippen molar-refractivity contribution in [3.8, 4) is 0 Å². The molecule has 3 aromatic carbocycles. The normalized spacial score (nSPS) is 12.0. The fourth-order valence-electron chi connectivity index (χ4n) is 3.90. The number of carbonyl (C=O) groups excluding carboxylic acids is 2. The zero-order chi connectivity index (χ0) is 27.9. The highest BCUT2D eigenvalue weighted by atomic mass is 35.5. The van der Waals surface area contributed by atoms with Gasteiger partial charge in [0, 0.05) is 18.1 Å². The van der Waals surface area contributed by atoms with Gasteiger partial charge in [0.15, 0.2) is 0 Å². The molecule has 0 saturated heterocycles. The number of sulfonamides is 1. The number of benzene rings is 3. The standard InChI is InChI=1S/C28H31ClFN3O4S/c1-4-16-31-28(35)21(3)32(18-22-10-13-24(30)14-11-22)27(34)19-33(26-15-12-23(29)17-20(26)2)38(36,37)25-8-6-5-7-9-25/h5-15,17,21H,4,16,18-19H2,1-3H3,(H,31,35)/t21-/m0/s1. The summed E-state index contributed by atoms with van der Waals surface area (Å²) >= 11 is 6.11. The molecule has 0 heterocycles. The van der Waals surface area contributed by atoms with Crippen LogP contribution in [-0.2, 0) is 26.2 Å². The van der Waals surface area contributed by atoms with E-state index in [1.807, 2.05) is 6.92 Å². The number of amides is 2. The van der Waals surface area contributed by atoms with Gasteiger partial charge in [0.25, 0.3) is 10.0 Å². The first-order chi connectivity index (χ1) is 18.0. The molecule has 10 heteroatoms. The SMILES string of the molecule is CCCNC(=O)[C@H](C)N(Cc1ccc(F)cc1)C(=O)CN(c1ccc(Cl)cc1C)S(=O)(=O)c1ccccc1. The van der Waals surface area contributed by atoms with Crippen LogP contribution < -0.4 is 9.62 Å². The average Bonchev–Trinajstić information content (AvgIpc) is 2.90. The molecule has 0 radical (unpaired) electrons. The van der Waals surface area contributed by atoms with Gasteiger partial charge >= 0.3 is 0 Å². The molecule has 202 valence electrons. The summed E-state index contributed by atoms with van der Waals surface area (Å²) in [6.45, 7) is 5.05. The van der Waals surface area contributed by atoms with Crippen LogP contribution in [-0.4, -0.2) is 44.3 Å². The molecule has 2 amide bonds. The lowest BCUT2D eigenvalue weighted by atomic mass is 10.1. The molecule has 0 bridgehead atoms. The van der Waals surface area contributed by atoms with Gasteiger partial charge in [0.05, 0.1) is 10.6 Å². The summed E-state index contributed by atoms with van der Waals surface area (Å²) in [7, 11) is -4.16. The third-order valence-corrected chi connectivity index (χ3v) is 8.03. The molecule has 38 heavy (non-hydrogen) atoms. The number of carbonyl (C=O) groups is 2. The van der Waals surface area contributed by atoms with E-state index in [0.29, 0.717) is 29.1 Å². The lowest BCUT2D eigenvalue weighted by Gasteiger charge is -2.32. The number of nitrogens with one attached hydrogen (secondary N) is 1. The van der Waals surface area contributed by atoms with Gasteiger partial charge in [0.2, 0.25) is 11.8 Å².